The summed E-state index contributed by atoms with van der Waals surface area (Å²) in [6, 6.07) is 2.69. The number of allylic oxidation sites excluding steroid dienone is 6. The molecular weight excluding hydrogens is 241 g/mol. The Morgan fingerprint density at radius 3 is 2.79 bits per heavy atom. The molecule has 0 spiro atoms. The minimum absolute atomic E-state index is 0.621. The fourth-order valence-electron chi connectivity index (χ4n) is 1.57. The molecule has 1 aromatic rings. The number of pyridine rings is 1. The number of hydrogen-bond acceptors (Lipinski definition) is 1. The van der Waals surface area contributed by atoms with E-state index in [1.807, 2.05) is 25.2 Å². The van der Waals surface area contributed by atoms with Gasteiger partial charge >= 0.3 is 0 Å². The molecule has 1 aromatic heterocycles. The number of aromatic nitrogens is 1. The summed E-state index contributed by atoms with van der Waals surface area (Å²) >= 11 is 0. The van der Waals surface area contributed by atoms with Gasteiger partial charge in [-0.1, -0.05) is 37.1 Å². The number of halogens is 1. The van der Waals surface area contributed by atoms with Crippen molar-refractivity contribution >= 4 is 5.70 Å². The Morgan fingerprint density at radius 2 is 2.11 bits per heavy atom. The molecule has 0 saturated carbocycles. The fraction of sp³-hybridized carbons (Fsp3) is 0.312. The normalized spacial score (nSPS) is 13.3. The first-order chi connectivity index (χ1) is 9.06. The van der Waals surface area contributed by atoms with Crippen LogP contribution in [0.1, 0.15) is 33.6 Å². The predicted octanol–water partition coefficient (Wildman–Crippen LogP) is 4.15. The Hall–Kier alpha value is -1.90. The third-order valence-electron chi connectivity index (χ3n) is 2.70. The molecule has 0 aliphatic rings. The molecule has 0 fully saturated rings. The lowest BCUT2D eigenvalue weighted by Gasteiger charge is -2.04. The van der Waals surface area contributed by atoms with Crippen LogP contribution < -0.4 is 5.56 Å². The zero-order chi connectivity index (χ0) is 14.3. The van der Waals surface area contributed by atoms with Gasteiger partial charge in [-0.2, -0.15) is 0 Å². The Labute approximate surface area is 113 Å². The average Bonchev–Trinajstić information content (AvgIpc) is 2.39. The molecule has 0 saturated heterocycles. The van der Waals surface area contributed by atoms with Crippen molar-refractivity contribution < 1.29 is 4.39 Å². The van der Waals surface area contributed by atoms with Crippen molar-refractivity contribution in [2.24, 2.45) is 0 Å². The first-order valence-corrected chi connectivity index (χ1v) is 6.45. The van der Waals surface area contributed by atoms with Gasteiger partial charge in [-0.3, -0.25) is 9.36 Å². The standard InChI is InChI=1S/C16H20FNO/c1-4-5-6-8-13(2)10-11-14(3)18-12-7-9-15(17)16(18)19/h6-12H,4-5H2,1-3H3/b8-6+,13-10+,14-11+. The summed E-state index contributed by atoms with van der Waals surface area (Å²) in [7, 11) is 0. The van der Waals surface area contributed by atoms with Crippen LogP contribution in [0.4, 0.5) is 4.39 Å². The topological polar surface area (TPSA) is 22.0 Å². The molecule has 0 radical (unpaired) electrons. The first kappa shape index (κ1) is 15.2. The van der Waals surface area contributed by atoms with Gasteiger partial charge in [-0.25, -0.2) is 4.39 Å². The van der Waals surface area contributed by atoms with Crippen molar-refractivity contribution in [3.8, 4) is 0 Å². The first-order valence-electron chi connectivity index (χ1n) is 6.45. The van der Waals surface area contributed by atoms with Crippen molar-refractivity contribution in [3.63, 3.8) is 0 Å². The zero-order valence-electron chi connectivity index (χ0n) is 11.7. The van der Waals surface area contributed by atoms with Gasteiger partial charge in [-0.15, -0.1) is 0 Å². The third-order valence-corrected chi connectivity index (χ3v) is 2.70. The van der Waals surface area contributed by atoms with E-state index in [1.54, 1.807) is 13.1 Å². The van der Waals surface area contributed by atoms with E-state index < -0.39 is 11.4 Å². The average molecular weight is 261 g/mol. The second-order valence-electron chi connectivity index (χ2n) is 4.44. The summed E-state index contributed by atoms with van der Waals surface area (Å²) in [5.74, 6) is -0.737. The van der Waals surface area contributed by atoms with E-state index >= 15 is 0 Å². The molecule has 19 heavy (non-hydrogen) atoms. The summed E-state index contributed by atoms with van der Waals surface area (Å²) in [5, 5.41) is 0. The molecule has 0 bridgehead atoms. The van der Waals surface area contributed by atoms with E-state index in [0.29, 0.717) is 5.70 Å². The van der Waals surface area contributed by atoms with E-state index in [4.69, 9.17) is 0 Å². The maximum Gasteiger partial charge on any atom is 0.290 e. The Kier molecular flexibility index (Phi) is 6.00. The van der Waals surface area contributed by atoms with Gasteiger partial charge in [0.1, 0.15) is 0 Å². The number of rotatable bonds is 5. The lowest BCUT2D eigenvalue weighted by Crippen LogP contribution is -2.20. The van der Waals surface area contributed by atoms with Crippen molar-refractivity contribution in [2.45, 2.75) is 33.6 Å². The van der Waals surface area contributed by atoms with Crippen LogP contribution in [0, 0.1) is 5.82 Å². The monoisotopic (exact) mass is 261 g/mol. The van der Waals surface area contributed by atoms with Crippen LogP contribution in [0.15, 0.2) is 53.0 Å². The zero-order valence-corrected chi connectivity index (χ0v) is 11.7. The van der Waals surface area contributed by atoms with E-state index in [-0.39, 0.29) is 0 Å². The Morgan fingerprint density at radius 1 is 1.37 bits per heavy atom. The van der Waals surface area contributed by atoms with Crippen molar-refractivity contribution in [3.05, 3.63) is 64.4 Å². The number of hydrogen-bond donors (Lipinski definition) is 0. The van der Waals surface area contributed by atoms with Gasteiger partial charge in [-0.05, 0) is 38.5 Å². The molecular formula is C16H20FNO. The molecule has 3 heteroatoms. The molecule has 0 aromatic carbocycles. The summed E-state index contributed by atoms with van der Waals surface area (Å²) in [6.45, 7) is 5.90. The van der Waals surface area contributed by atoms with E-state index in [2.05, 4.69) is 13.0 Å². The highest BCUT2D eigenvalue weighted by Gasteiger charge is 2.01. The van der Waals surface area contributed by atoms with Gasteiger partial charge in [0.2, 0.25) is 0 Å². The molecule has 0 aliphatic heterocycles. The summed E-state index contributed by atoms with van der Waals surface area (Å²) in [5.41, 5.74) is 1.16. The molecule has 0 atom stereocenters. The van der Waals surface area contributed by atoms with Gasteiger partial charge < -0.3 is 0 Å². The number of unbranched alkanes of at least 4 members (excludes halogenated alkanes) is 1. The van der Waals surface area contributed by atoms with E-state index in [0.717, 1.165) is 18.4 Å². The Balaban J connectivity index is 2.91. The van der Waals surface area contributed by atoms with Crippen molar-refractivity contribution in [1.29, 1.82) is 0 Å². The molecule has 1 rings (SSSR count). The lowest BCUT2D eigenvalue weighted by atomic mass is 10.2. The van der Waals surface area contributed by atoms with Crippen LogP contribution in [-0.2, 0) is 0 Å². The molecule has 1 heterocycles. The molecule has 0 N–H and O–H groups in total. The molecule has 102 valence electrons. The predicted molar refractivity (Wildman–Crippen MR) is 78.4 cm³/mol. The molecule has 0 unspecified atom stereocenters. The van der Waals surface area contributed by atoms with Gasteiger partial charge in [0.05, 0.1) is 0 Å². The van der Waals surface area contributed by atoms with Crippen LogP contribution in [0.5, 0.6) is 0 Å². The van der Waals surface area contributed by atoms with E-state index in [1.165, 1.54) is 16.7 Å². The summed E-state index contributed by atoms with van der Waals surface area (Å²) in [6.07, 6.45) is 11.6. The van der Waals surface area contributed by atoms with Gasteiger partial charge in [0, 0.05) is 11.9 Å². The van der Waals surface area contributed by atoms with E-state index in [9.17, 15) is 9.18 Å². The minimum Gasteiger partial charge on any atom is -0.286 e. The van der Waals surface area contributed by atoms with Gasteiger partial charge in [0.25, 0.3) is 5.56 Å². The minimum atomic E-state index is -0.737. The Bertz CT molecular complexity index is 564. The number of nitrogens with zero attached hydrogens (tertiary/aromatic N) is 1. The van der Waals surface area contributed by atoms with Crippen LogP contribution in [-0.4, -0.2) is 4.57 Å². The van der Waals surface area contributed by atoms with Crippen LogP contribution in [0.2, 0.25) is 0 Å². The maximum atomic E-state index is 13.2. The molecule has 2 nitrogen and oxygen atoms in total. The summed E-state index contributed by atoms with van der Waals surface area (Å²) in [4.78, 5) is 11.6. The highest BCUT2D eigenvalue weighted by atomic mass is 19.1. The largest absolute Gasteiger partial charge is 0.290 e. The van der Waals surface area contributed by atoms with Crippen molar-refractivity contribution in [1.82, 2.24) is 4.57 Å². The molecule has 0 amide bonds. The second-order valence-corrected chi connectivity index (χ2v) is 4.44. The highest BCUT2D eigenvalue weighted by molar-refractivity contribution is 5.46. The molecule has 0 aliphatic carbocycles. The quantitative estimate of drug-likeness (QED) is 0.730. The third kappa shape index (κ3) is 4.70. The summed E-state index contributed by atoms with van der Waals surface area (Å²) < 4.78 is 14.5. The lowest BCUT2D eigenvalue weighted by molar-refractivity contribution is 0.600. The smallest absolute Gasteiger partial charge is 0.286 e. The van der Waals surface area contributed by atoms with Crippen LogP contribution in [0.25, 0.3) is 5.70 Å². The second kappa shape index (κ2) is 7.52. The van der Waals surface area contributed by atoms with Gasteiger partial charge in [0.15, 0.2) is 5.82 Å². The fourth-order valence-corrected chi connectivity index (χ4v) is 1.57. The van der Waals surface area contributed by atoms with Crippen molar-refractivity contribution in [2.75, 3.05) is 0 Å². The maximum absolute atomic E-state index is 13.2. The highest BCUT2D eigenvalue weighted by Crippen LogP contribution is 2.04. The van der Waals surface area contributed by atoms with Crippen LogP contribution >= 0.6 is 0 Å². The SMILES string of the molecule is CCC/C=C/C(C)=C/C=C(\C)n1cccc(F)c1=O. The van der Waals surface area contributed by atoms with Crippen LogP contribution in [0.3, 0.4) is 0 Å².